The van der Waals surface area contributed by atoms with E-state index in [9.17, 15) is 0 Å². The number of aryl methyl sites for hydroxylation is 2. The van der Waals surface area contributed by atoms with E-state index in [1.54, 1.807) is 0 Å². The van der Waals surface area contributed by atoms with E-state index in [2.05, 4.69) is 35.4 Å². The predicted octanol–water partition coefficient (Wildman–Crippen LogP) is 2.14. The predicted molar refractivity (Wildman–Crippen MR) is 63.9 cm³/mol. The molecule has 0 heterocycles. The molecule has 0 bridgehead atoms. The molecule has 0 unspecified atom stereocenters. The second-order valence-electron chi connectivity index (χ2n) is 4.02. The van der Waals surface area contributed by atoms with Gasteiger partial charge in [-0.25, -0.2) is 0 Å². The lowest BCUT2D eigenvalue weighted by atomic mass is 9.90. The molecule has 1 heteroatoms. The zero-order valence-electron chi connectivity index (χ0n) is 9.27. The average molecular weight is 199 g/mol. The normalized spacial score (nSPS) is 13.9. The highest BCUT2D eigenvalue weighted by Crippen LogP contribution is 2.21. The fourth-order valence-electron chi connectivity index (χ4n) is 2.05. The lowest BCUT2D eigenvalue weighted by molar-refractivity contribution is 0.685. The van der Waals surface area contributed by atoms with E-state index in [1.165, 1.54) is 36.8 Å². The van der Waals surface area contributed by atoms with E-state index in [1.807, 2.05) is 7.05 Å². The van der Waals surface area contributed by atoms with Gasteiger partial charge in [-0.1, -0.05) is 17.9 Å². The van der Waals surface area contributed by atoms with Crippen molar-refractivity contribution in [3.05, 3.63) is 34.9 Å². The van der Waals surface area contributed by atoms with Gasteiger partial charge in [0.1, 0.15) is 0 Å². The van der Waals surface area contributed by atoms with Crippen LogP contribution in [0.15, 0.2) is 18.2 Å². The van der Waals surface area contributed by atoms with Crippen molar-refractivity contribution in [2.24, 2.45) is 0 Å². The Bertz CT molecular complexity index is 396. The van der Waals surface area contributed by atoms with Crippen molar-refractivity contribution >= 4 is 0 Å². The number of nitrogens with one attached hydrogen (secondary N) is 1. The van der Waals surface area contributed by atoms with Crippen molar-refractivity contribution in [1.29, 1.82) is 0 Å². The average Bonchev–Trinajstić information content (AvgIpc) is 2.29. The number of benzene rings is 1. The van der Waals surface area contributed by atoms with Gasteiger partial charge in [0.15, 0.2) is 0 Å². The third kappa shape index (κ3) is 2.61. The summed E-state index contributed by atoms with van der Waals surface area (Å²) in [4.78, 5) is 0. The Morgan fingerprint density at radius 1 is 1.20 bits per heavy atom. The highest BCUT2D eigenvalue weighted by Gasteiger charge is 2.08. The molecule has 0 amide bonds. The van der Waals surface area contributed by atoms with Crippen molar-refractivity contribution in [1.82, 2.24) is 5.32 Å². The highest BCUT2D eigenvalue weighted by atomic mass is 14.8. The maximum Gasteiger partial charge on any atom is 0.0577 e. The summed E-state index contributed by atoms with van der Waals surface area (Å²) in [6.07, 6.45) is 5.16. The second-order valence-corrected chi connectivity index (χ2v) is 4.02. The van der Waals surface area contributed by atoms with E-state index in [-0.39, 0.29) is 0 Å². The molecule has 0 saturated heterocycles. The summed E-state index contributed by atoms with van der Waals surface area (Å²) in [5.74, 6) is 6.28. The van der Waals surface area contributed by atoms with Crippen LogP contribution in [-0.4, -0.2) is 13.6 Å². The molecule has 1 nitrogen and oxygen atoms in total. The van der Waals surface area contributed by atoms with Gasteiger partial charge in [0, 0.05) is 5.56 Å². The molecule has 1 aliphatic carbocycles. The van der Waals surface area contributed by atoms with Crippen LogP contribution < -0.4 is 5.32 Å². The van der Waals surface area contributed by atoms with Crippen LogP contribution in [0.1, 0.15) is 29.5 Å². The third-order valence-electron chi connectivity index (χ3n) is 2.85. The minimum Gasteiger partial charge on any atom is -0.309 e. The summed E-state index contributed by atoms with van der Waals surface area (Å²) in [5.41, 5.74) is 4.20. The van der Waals surface area contributed by atoms with E-state index in [4.69, 9.17) is 0 Å². The van der Waals surface area contributed by atoms with Crippen LogP contribution in [0.25, 0.3) is 0 Å². The molecule has 1 aromatic carbocycles. The molecular weight excluding hydrogens is 182 g/mol. The van der Waals surface area contributed by atoms with Crippen molar-refractivity contribution in [3.8, 4) is 11.8 Å². The Hall–Kier alpha value is -1.26. The summed E-state index contributed by atoms with van der Waals surface area (Å²) < 4.78 is 0. The molecule has 1 N–H and O–H groups in total. The molecular formula is C14H17N. The molecule has 0 radical (unpaired) electrons. The van der Waals surface area contributed by atoms with E-state index in [0.717, 1.165) is 12.1 Å². The maximum atomic E-state index is 3.18. The van der Waals surface area contributed by atoms with E-state index < -0.39 is 0 Å². The van der Waals surface area contributed by atoms with E-state index in [0.29, 0.717) is 0 Å². The molecule has 15 heavy (non-hydrogen) atoms. The topological polar surface area (TPSA) is 12.0 Å². The Balaban J connectivity index is 2.18. The molecule has 78 valence electrons. The van der Waals surface area contributed by atoms with Crippen LogP contribution in [0.3, 0.4) is 0 Å². The third-order valence-corrected chi connectivity index (χ3v) is 2.85. The largest absolute Gasteiger partial charge is 0.309 e. The summed E-state index contributed by atoms with van der Waals surface area (Å²) in [6, 6.07) is 6.65. The smallest absolute Gasteiger partial charge is 0.0577 e. The standard InChI is InChI=1S/C14H17N/c1-15-10-4-5-12-8-9-13-6-2-3-7-14(13)11-12/h8-9,11,15H,2-3,6-7,10H2,1H3. The molecule has 1 aliphatic rings. The van der Waals surface area contributed by atoms with Crippen molar-refractivity contribution in [2.75, 3.05) is 13.6 Å². The summed E-state index contributed by atoms with van der Waals surface area (Å²) in [6.45, 7) is 0.761. The van der Waals surface area contributed by atoms with Crippen LogP contribution in [0.5, 0.6) is 0 Å². The Morgan fingerprint density at radius 2 is 2.00 bits per heavy atom. The van der Waals surface area contributed by atoms with Gasteiger partial charge >= 0.3 is 0 Å². The fourth-order valence-corrected chi connectivity index (χ4v) is 2.05. The first-order valence-electron chi connectivity index (χ1n) is 5.65. The quantitative estimate of drug-likeness (QED) is 0.683. The molecule has 0 fully saturated rings. The van der Waals surface area contributed by atoms with E-state index >= 15 is 0 Å². The van der Waals surface area contributed by atoms with Crippen LogP contribution in [-0.2, 0) is 12.8 Å². The Kier molecular flexibility index (Phi) is 3.42. The van der Waals surface area contributed by atoms with Crippen molar-refractivity contribution in [3.63, 3.8) is 0 Å². The van der Waals surface area contributed by atoms with Gasteiger partial charge in [-0.2, -0.15) is 0 Å². The van der Waals surface area contributed by atoms with Gasteiger partial charge < -0.3 is 5.32 Å². The fraction of sp³-hybridized carbons (Fsp3) is 0.429. The Morgan fingerprint density at radius 3 is 2.80 bits per heavy atom. The minimum atomic E-state index is 0.761. The van der Waals surface area contributed by atoms with Crippen LogP contribution in [0.4, 0.5) is 0 Å². The van der Waals surface area contributed by atoms with Crippen LogP contribution >= 0.6 is 0 Å². The van der Waals surface area contributed by atoms with Gasteiger partial charge in [0.2, 0.25) is 0 Å². The molecule has 0 aliphatic heterocycles. The van der Waals surface area contributed by atoms with Gasteiger partial charge in [0.05, 0.1) is 6.54 Å². The molecule has 0 saturated carbocycles. The Labute approximate surface area is 91.9 Å². The molecule has 0 aromatic heterocycles. The maximum absolute atomic E-state index is 3.18. The summed E-state index contributed by atoms with van der Waals surface area (Å²) in [5, 5.41) is 3.03. The lowest BCUT2D eigenvalue weighted by Gasteiger charge is -2.15. The lowest BCUT2D eigenvalue weighted by Crippen LogP contribution is -2.04. The summed E-state index contributed by atoms with van der Waals surface area (Å²) in [7, 11) is 1.92. The number of hydrogen-bond donors (Lipinski definition) is 1. The highest BCUT2D eigenvalue weighted by molar-refractivity contribution is 5.42. The second kappa shape index (κ2) is 5.00. The van der Waals surface area contributed by atoms with Crippen LogP contribution in [0, 0.1) is 11.8 Å². The van der Waals surface area contributed by atoms with Gasteiger partial charge in [-0.15, -0.1) is 0 Å². The van der Waals surface area contributed by atoms with Crippen molar-refractivity contribution in [2.45, 2.75) is 25.7 Å². The SMILES string of the molecule is CNCC#Cc1ccc2c(c1)CCCC2. The first kappa shape index (κ1) is 10.3. The minimum absolute atomic E-state index is 0.761. The van der Waals surface area contributed by atoms with Crippen LogP contribution in [0.2, 0.25) is 0 Å². The summed E-state index contributed by atoms with van der Waals surface area (Å²) >= 11 is 0. The zero-order valence-corrected chi connectivity index (χ0v) is 9.27. The molecule has 0 spiro atoms. The van der Waals surface area contributed by atoms with Gasteiger partial charge in [0.25, 0.3) is 0 Å². The number of fused-ring (bicyclic) bond motifs is 1. The molecule has 0 atom stereocenters. The monoisotopic (exact) mass is 199 g/mol. The van der Waals surface area contributed by atoms with Gasteiger partial charge in [-0.05, 0) is 56.0 Å². The zero-order chi connectivity index (χ0) is 10.5. The molecule has 2 rings (SSSR count). The number of rotatable bonds is 1. The molecule has 1 aromatic rings. The van der Waals surface area contributed by atoms with Gasteiger partial charge in [-0.3, -0.25) is 0 Å². The van der Waals surface area contributed by atoms with Crippen molar-refractivity contribution < 1.29 is 0 Å². The number of hydrogen-bond acceptors (Lipinski definition) is 1. The first-order chi connectivity index (χ1) is 7.40. The first-order valence-corrected chi connectivity index (χ1v) is 5.65.